The third-order valence-corrected chi connectivity index (χ3v) is 5.14. The Balaban J connectivity index is 1.81. The van der Waals surface area contributed by atoms with E-state index in [2.05, 4.69) is 4.72 Å². The van der Waals surface area contributed by atoms with Crippen molar-refractivity contribution >= 4 is 27.1 Å². The second-order valence-corrected chi connectivity index (χ2v) is 7.15. The highest BCUT2D eigenvalue weighted by molar-refractivity contribution is 7.89. The molecule has 0 radical (unpaired) electrons. The lowest BCUT2D eigenvalue weighted by Crippen LogP contribution is -2.23. The summed E-state index contributed by atoms with van der Waals surface area (Å²) in [6.45, 7) is -0.000985. The van der Waals surface area contributed by atoms with E-state index in [-0.39, 0.29) is 22.6 Å². The highest BCUT2D eigenvalue weighted by atomic mass is 32.2. The number of aryl methyl sites for hydroxylation is 1. The Morgan fingerprint density at radius 3 is 2.52 bits per heavy atom. The predicted octanol–water partition coefficient (Wildman–Crippen LogP) is 1.31. The molecule has 2 N–H and O–H groups in total. The lowest BCUT2D eigenvalue weighted by atomic mass is 10.1. The summed E-state index contributed by atoms with van der Waals surface area (Å²) in [6, 6.07) is 10.0. The van der Waals surface area contributed by atoms with Gasteiger partial charge in [-0.15, -0.1) is 0 Å². The first-order valence-corrected chi connectivity index (χ1v) is 8.68. The van der Waals surface area contributed by atoms with E-state index >= 15 is 0 Å². The molecule has 3 aromatic rings. The first kappa shape index (κ1) is 16.9. The number of carbonyl (C=O) groups is 1. The zero-order valence-corrected chi connectivity index (χ0v) is 13.9. The molecule has 0 unspecified atom stereocenters. The molecule has 0 aliphatic heterocycles. The quantitative estimate of drug-likeness (QED) is 0.706. The highest BCUT2D eigenvalue weighted by Crippen LogP contribution is 2.18. The smallest absolute Gasteiger partial charge is 0.419 e. The Labute approximate surface area is 142 Å². The Bertz CT molecular complexity index is 1110. The van der Waals surface area contributed by atoms with Crippen LogP contribution in [0.15, 0.2) is 56.6 Å². The van der Waals surface area contributed by atoms with Crippen LogP contribution in [0.5, 0.6) is 0 Å². The number of nitrogens with zero attached hydrogens (tertiary/aromatic N) is 1. The van der Waals surface area contributed by atoms with Crippen LogP contribution in [-0.4, -0.2) is 24.1 Å². The van der Waals surface area contributed by atoms with Gasteiger partial charge in [0.25, 0.3) is 0 Å². The summed E-state index contributed by atoms with van der Waals surface area (Å²) in [6.07, 6.45) is 0. The van der Waals surface area contributed by atoms with E-state index in [1.165, 1.54) is 54.1 Å². The molecule has 1 aromatic heterocycles. The van der Waals surface area contributed by atoms with Gasteiger partial charge in [-0.25, -0.2) is 22.7 Å². The number of benzene rings is 2. The van der Waals surface area contributed by atoms with E-state index in [0.717, 1.165) is 0 Å². The van der Waals surface area contributed by atoms with Gasteiger partial charge in [0.15, 0.2) is 5.58 Å². The minimum Gasteiger partial charge on any atom is -0.478 e. The number of carboxylic acids is 1. The molecule has 0 amide bonds. The van der Waals surface area contributed by atoms with Crippen LogP contribution in [0.2, 0.25) is 0 Å². The third kappa shape index (κ3) is 3.32. The van der Waals surface area contributed by atoms with Crippen LogP contribution < -0.4 is 10.5 Å². The Kier molecular flexibility index (Phi) is 4.19. The van der Waals surface area contributed by atoms with Crippen LogP contribution in [0.3, 0.4) is 0 Å². The molecule has 0 saturated carbocycles. The van der Waals surface area contributed by atoms with Crippen LogP contribution in [0.4, 0.5) is 0 Å². The van der Waals surface area contributed by atoms with Gasteiger partial charge in [-0.2, -0.15) is 0 Å². The van der Waals surface area contributed by atoms with Crippen molar-refractivity contribution < 1.29 is 22.7 Å². The molecule has 0 aliphatic carbocycles. The van der Waals surface area contributed by atoms with Crippen molar-refractivity contribution in [1.82, 2.24) is 9.29 Å². The molecule has 0 spiro atoms. The van der Waals surface area contributed by atoms with Crippen LogP contribution in [0.1, 0.15) is 15.9 Å². The maximum absolute atomic E-state index is 12.4. The van der Waals surface area contributed by atoms with Gasteiger partial charge < -0.3 is 9.52 Å². The maximum atomic E-state index is 12.4. The molecule has 0 atom stereocenters. The van der Waals surface area contributed by atoms with Crippen LogP contribution in [0.25, 0.3) is 11.1 Å². The SMILES string of the molecule is Cn1c(=O)oc2cc(S(=O)(=O)NCc3ccc(C(=O)O)cc3)ccc21. The van der Waals surface area contributed by atoms with Crippen molar-refractivity contribution in [3.8, 4) is 0 Å². The van der Waals surface area contributed by atoms with Gasteiger partial charge in [0, 0.05) is 19.7 Å². The lowest BCUT2D eigenvalue weighted by Gasteiger charge is -2.07. The molecule has 130 valence electrons. The number of hydrogen-bond donors (Lipinski definition) is 2. The van der Waals surface area contributed by atoms with Crippen molar-refractivity contribution in [2.75, 3.05) is 0 Å². The number of rotatable bonds is 5. The van der Waals surface area contributed by atoms with Gasteiger partial charge in [0.05, 0.1) is 16.0 Å². The number of oxazole rings is 1. The summed E-state index contributed by atoms with van der Waals surface area (Å²) < 4.78 is 33.5. The van der Waals surface area contributed by atoms with Crippen molar-refractivity contribution in [3.05, 3.63) is 64.1 Å². The number of fused-ring (bicyclic) bond motifs is 1. The third-order valence-electron chi connectivity index (χ3n) is 3.74. The molecule has 2 aromatic carbocycles. The zero-order chi connectivity index (χ0) is 18.2. The summed E-state index contributed by atoms with van der Waals surface area (Å²) in [5.74, 6) is -1.62. The van der Waals surface area contributed by atoms with E-state index in [1.54, 1.807) is 0 Å². The normalized spacial score (nSPS) is 11.7. The molecular weight excluding hydrogens is 348 g/mol. The number of sulfonamides is 1. The summed E-state index contributed by atoms with van der Waals surface area (Å²) >= 11 is 0. The van der Waals surface area contributed by atoms with Gasteiger partial charge in [0.2, 0.25) is 10.0 Å². The topological polar surface area (TPSA) is 119 Å². The zero-order valence-electron chi connectivity index (χ0n) is 13.1. The van der Waals surface area contributed by atoms with Crippen molar-refractivity contribution in [1.29, 1.82) is 0 Å². The molecule has 0 bridgehead atoms. The lowest BCUT2D eigenvalue weighted by molar-refractivity contribution is 0.0697. The van der Waals surface area contributed by atoms with Crippen molar-refractivity contribution in [2.45, 2.75) is 11.4 Å². The van der Waals surface area contributed by atoms with E-state index in [1.807, 2.05) is 0 Å². The standard InChI is InChI=1S/C16H14N2O6S/c1-18-13-7-6-12(8-14(13)24-16(18)21)25(22,23)17-9-10-2-4-11(5-3-10)15(19)20/h2-8,17H,9H2,1H3,(H,19,20). The molecular formula is C16H14N2O6S. The van der Waals surface area contributed by atoms with Crippen molar-refractivity contribution in [3.63, 3.8) is 0 Å². The predicted molar refractivity (Wildman–Crippen MR) is 88.9 cm³/mol. The average Bonchev–Trinajstić information content (AvgIpc) is 2.87. The van der Waals surface area contributed by atoms with Gasteiger partial charge in [-0.1, -0.05) is 12.1 Å². The number of nitrogens with one attached hydrogen (secondary N) is 1. The fourth-order valence-electron chi connectivity index (χ4n) is 2.31. The number of carboxylic acid groups (broad SMARTS) is 1. The molecule has 9 heteroatoms. The molecule has 0 saturated heterocycles. The average molecular weight is 362 g/mol. The second kappa shape index (κ2) is 6.19. The van der Waals surface area contributed by atoms with E-state index in [9.17, 15) is 18.0 Å². The molecule has 25 heavy (non-hydrogen) atoms. The molecule has 0 fully saturated rings. The first-order chi connectivity index (χ1) is 11.8. The molecule has 3 rings (SSSR count). The first-order valence-electron chi connectivity index (χ1n) is 7.19. The van der Waals surface area contributed by atoms with Crippen LogP contribution in [0, 0.1) is 0 Å². The van der Waals surface area contributed by atoms with E-state index < -0.39 is 21.7 Å². The molecule has 1 heterocycles. The van der Waals surface area contributed by atoms with E-state index in [0.29, 0.717) is 11.1 Å². The minimum atomic E-state index is -3.82. The summed E-state index contributed by atoms with van der Waals surface area (Å²) in [7, 11) is -2.29. The van der Waals surface area contributed by atoms with Gasteiger partial charge in [-0.3, -0.25) is 4.57 Å². The van der Waals surface area contributed by atoms with Crippen molar-refractivity contribution in [2.24, 2.45) is 7.05 Å². The van der Waals surface area contributed by atoms with Crippen LogP contribution >= 0.6 is 0 Å². The van der Waals surface area contributed by atoms with Gasteiger partial charge in [0.1, 0.15) is 0 Å². The number of aromatic nitrogens is 1. The maximum Gasteiger partial charge on any atom is 0.419 e. The Hall–Kier alpha value is -2.91. The minimum absolute atomic E-state index is 0.000985. The highest BCUT2D eigenvalue weighted by Gasteiger charge is 2.16. The van der Waals surface area contributed by atoms with Gasteiger partial charge in [-0.05, 0) is 29.8 Å². The molecule has 8 nitrogen and oxygen atoms in total. The Morgan fingerprint density at radius 1 is 1.20 bits per heavy atom. The summed E-state index contributed by atoms with van der Waals surface area (Å²) in [5, 5.41) is 8.85. The van der Waals surface area contributed by atoms with Crippen LogP contribution in [-0.2, 0) is 23.6 Å². The molecule has 0 aliphatic rings. The Morgan fingerprint density at radius 2 is 1.88 bits per heavy atom. The fraction of sp³-hybridized carbons (Fsp3) is 0.125. The number of aromatic carboxylic acids is 1. The fourth-order valence-corrected chi connectivity index (χ4v) is 3.34. The summed E-state index contributed by atoms with van der Waals surface area (Å²) in [5.41, 5.74) is 1.41. The van der Waals surface area contributed by atoms with Gasteiger partial charge >= 0.3 is 11.7 Å². The monoisotopic (exact) mass is 362 g/mol. The second-order valence-electron chi connectivity index (χ2n) is 5.38. The summed E-state index contributed by atoms with van der Waals surface area (Å²) in [4.78, 5) is 22.2. The largest absolute Gasteiger partial charge is 0.478 e. The number of hydrogen-bond acceptors (Lipinski definition) is 5. The van der Waals surface area contributed by atoms with E-state index in [4.69, 9.17) is 9.52 Å².